The zero-order chi connectivity index (χ0) is 23.2. The Morgan fingerprint density at radius 2 is 1.85 bits per heavy atom. The van der Waals surface area contributed by atoms with Gasteiger partial charge in [-0.05, 0) is 47.9 Å². The molecule has 0 saturated heterocycles. The number of amides is 1. The number of benzene rings is 3. The van der Waals surface area contributed by atoms with Gasteiger partial charge < -0.3 is 10.1 Å². The number of carbonyl (C=O) groups excluding carboxylic acids is 1. The summed E-state index contributed by atoms with van der Waals surface area (Å²) in [5, 5.41) is 7.28. The van der Waals surface area contributed by atoms with Crippen molar-refractivity contribution >= 4 is 23.3 Å². The zero-order valence-electron chi connectivity index (χ0n) is 18.1. The summed E-state index contributed by atoms with van der Waals surface area (Å²) >= 11 is 6.24. The van der Waals surface area contributed by atoms with Gasteiger partial charge in [-0.15, -0.1) is 0 Å². The average Bonchev–Trinajstić information content (AvgIpc) is 3.18. The van der Waals surface area contributed by atoms with E-state index < -0.39 is 0 Å². The summed E-state index contributed by atoms with van der Waals surface area (Å²) in [6.45, 7) is 2.64. The van der Waals surface area contributed by atoms with Gasteiger partial charge in [0.25, 0.3) is 5.91 Å². The molecule has 7 heteroatoms. The molecule has 0 spiro atoms. The molecule has 0 aliphatic heterocycles. The van der Waals surface area contributed by atoms with Gasteiger partial charge in [0.1, 0.15) is 23.2 Å². The summed E-state index contributed by atoms with van der Waals surface area (Å²) < 4.78 is 21.2. The first-order valence-corrected chi connectivity index (χ1v) is 11.0. The molecule has 0 radical (unpaired) electrons. The van der Waals surface area contributed by atoms with Gasteiger partial charge in [-0.1, -0.05) is 61.0 Å². The van der Waals surface area contributed by atoms with E-state index in [4.69, 9.17) is 16.3 Å². The van der Waals surface area contributed by atoms with Crippen LogP contribution in [0.1, 0.15) is 34.0 Å². The molecule has 0 aliphatic rings. The lowest BCUT2D eigenvalue weighted by Gasteiger charge is -2.09. The highest BCUT2D eigenvalue weighted by atomic mass is 35.5. The van der Waals surface area contributed by atoms with Crippen LogP contribution in [0.25, 0.3) is 0 Å². The van der Waals surface area contributed by atoms with E-state index in [2.05, 4.69) is 17.3 Å². The molecule has 4 rings (SSSR count). The summed E-state index contributed by atoms with van der Waals surface area (Å²) in [6, 6.07) is 21.6. The molecular formula is C26H23ClFN3O2. The standard InChI is InChI=1S/C26H23ClFN3O2/c1-2-18-10-12-22(13-11-18)33-17-19-6-5-8-20(14-19)26(32)29-25-23(27)16-31(30-25)15-21-7-3-4-9-24(21)28/h3-14,16H,2,15,17H2,1H3,(H,29,30,32). The number of nitrogens with one attached hydrogen (secondary N) is 1. The number of hydrogen-bond donors (Lipinski definition) is 1. The minimum Gasteiger partial charge on any atom is -0.489 e. The van der Waals surface area contributed by atoms with Gasteiger partial charge in [0.2, 0.25) is 0 Å². The van der Waals surface area contributed by atoms with E-state index in [1.54, 1.807) is 42.6 Å². The van der Waals surface area contributed by atoms with Crippen LogP contribution < -0.4 is 10.1 Å². The minimum absolute atomic E-state index is 0.203. The van der Waals surface area contributed by atoms with Gasteiger partial charge in [0.15, 0.2) is 5.82 Å². The van der Waals surface area contributed by atoms with Gasteiger partial charge in [0.05, 0.1) is 6.54 Å². The highest BCUT2D eigenvalue weighted by Crippen LogP contribution is 2.22. The molecule has 168 valence electrons. The zero-order valence-corrected chi connectivity index (χ0v) is 18.8. The number of halogens is 2. The first-order chi connectivity index (χ1) is 16.0. The lowest BCUT2D eigenvalue weighted by Crippen LogP contribution is -2.13. The number of aromatic nitrogens is 2. The van der Waals surface area contributed by atoms with E-state index in [0.29, 0.717) is 17.7 Å². The molecule has 33 heavy (non-hydrogen) atoms. The molecule has 0 bridgehead atoms. The smallest absolute Gasteiger partial charge is 0.256 e. The number of anilines is 1. The van der Waals surface area contributed by atoms with Crippen molar-refractivity contribution in [2.24, 2.45) is 0 Å². The van der Waals surface area contributed by atoms with Gasteiger partial charge in [0, 0.05) is 17.3 Å². The number of carbonyl (C=O) groups is 1. The van der Waals surface area contributed by atoms with Gasteiger partial charge in [-0.25, -0.2) is 4.39 Å². The van der Waals surface area contributed by atoms with Crippen LogP contribution in [0.3, 0.4) is 0 Å². The largest absolute Gasteiger partial charge is 0.489 e. The van der Waals surface area contributed by atoms with Crippen LogP contribution in [0.5, 0.6) is 5.75 Å². The molecule has 4 aromatic rings. The van der Waals surface area contributed by atoms with Crippen molar-refractivity contribution in [1.29, 1.82) is 0 Å². The summed E-state index contributed by atoms with van der Waals surface area (Å²) in [7, 11) is 0. The Kier molecular flexibility index (Phi) is 7.05. The Morgan fingerprint density at radius 1 is 1.06 bits per heavy atom. The number of ether oxygens (including phenoxy) is 1. The van der Waals surface area contributed by atoms with Crippen molar-refractivity contribution in [1.82, 2.24) is 9.78 Å². The Labute approximate surface area is 196 Å². The van der Waals surface area contributed by atoms with E-state index in [1.807, 2.05) is 30.3 Å². The third-order valence-corrected chi connectivity index (χ3v) is 5.44. The fourth-order valence-electron chi connectivity index (χ4n) is 3.33. The number of hydrogen-bond acceptors (Lipinski definition) is 3. The molecule has 1 aromatic heterocycles. The predicted molar refractivity (Wildman–Crippen MR) is 127 cm³/mol. The van der Waals surface area contributed by atoms with E-state index in [-0.39, 0.29) is 29.1 Å². The van der Waals surface area contributed by atoms with E-state index in [9.17, 15) is 9.18 Å². The minimum atomic E-state index is -0.345. The van der Waals surface area contributed by atoms with Crippen LogP contribution >= 0.6 is 11.6 Å². The van der Waals surface area contributed by atoms with Crippen molar-refractivity contribution in [2.45, 2.75) is 26.5 Å². The second-order valence-corrected chi connectivity index (χ2v) is 7.96. The number of nitrogens with zero attached hydrogens (tertiary/aromatic N) is 2. The van der Waals surface area contributed by atoms with Crippen molar-refractivity contribution in [2.75, 3.05) is 5.32 Å². The van der Waals surface area contributed by atoms with E-state index >= 15 is 0 Å². The van der Waals surface area contributed by atoms with Crippen LogP contribution in [0.4, 0.5) is 10.2 Å². The Hall–Kier alpha value is -3.64. The van der Waals surface area contributed by atoms with Crippen molar-refractivity contribution in [3.8, 4) is 5.75 Å². The molecule has 0 saturated carbocycles. The van der Waals surface area contributed by atoms with Crippen molar-refractivity contribution < 1.29 is 13.9 Å². The maximum absolute atomic E-state index is 13.9. The topological polar surface area (TPSA) is 56.1 Å². The van der Waals surface area contributed by atoms with Crippen LogP contribution in [0, 0.1) is 5.82 Å². The first-order valence-electron chi connectivity index (χ1n) is 10.6. The lowest BCUT2D eigenvalue weighted by molar-refractivity contribution is 0.102. The molecular weight excluding hydrogens is 441 g/mol. The van der Waals surface area contributed by atoms with Crippen LogP contribution in [-0.4, -0.2) is 15.7 Å². The van der Waals surface area contributed by atoms with Crippen LogP contribution in [0.2, 0.25) is 5.02 Å². The monoisotopic (exact) mass is 463 g/mol. The average molecular weight is 464 g/mol. The molecule has 1 N–H and O–H groups in total. The van der Waals surface area contributed by atoms with Crippen LogP contribution in [-0.2, 0) is 19.6 Å². The Bertz CT molecular complexity index is 1250. The summed E-state index contributed by atoms with van der Waals surface area (Å²) in [5.41, 5.74) is 3.04. The molecule has 0 atom stereocenters. The highest BCUT2D eigenvalue weighted by Gasteiger charge is 2.14. The molecule has 0 unspecified atom stereocenters. The molecule has 5 nitrogen and oxygen atoms in total. The summed E-state index contributed by atoms with van der Waals surface area (Å²) in [5.74, 6) is 0.321. The maximum Gasteiger partial charge on any atom is 0.256 e. The molecule has 1 heterocycles. The number of rotatable bonds is 8. The summed E-state index contributed by atoms with van der Waals surface area (Å²) in [6.07, 6.45) is 2.53. The van der Waals surface area contributed by atoms with Gasteiger partial charge >= 0.3 is 0 Å². The first kappa shape index (κ1) is 22.6. The second-order valence-electron chi connectivity index (χ2n) is 7.56. The fourth-order valence-corrected chi connectivity index (χ4v) is 3.53. The SMILES string of the molecule is CCc1ccc(OCc2cccc(C(=O)Nc3nn(Cc4ccccc4F)cc3Cl)c2)cc1. The van der Waals surface area contributed by atoms with Crippen molar-refractivity contribution in [3.05, 3.63) is 112 Å². The highest BCUT2D eigenvalue weighted by molar-refractivity contribution is 6.33. The summed E-state index contributed by atoms with van der Waals surface area (Å²) in [4.78, 5) is 12.8. The quantitative estimate of drug-likeness (QED) is 0.342. The maximum atomic E-state index is 13.9. The van der Waals surface area contributed by atoms with Gasteiger partial charge in [-0.3, -0.25) is 9.48 Å². The third-order valence-electron chi connectivity index (χ3n) is 5.17. The molecule has 1 amide bonds. The third kappa shape index (κ3) is 5.79. The molecule has 0 aliphatic carbocycles. The molecule has 3 aromatic carbocycles. The Balaban J connectivity index is 1.40. The van der Waals surface area contributed by atoms with E-state index in [1.165, 1.54) is 16.3 Å². The molecule has 0 fully saturated rings. The Morgan fingerprint density at radius 3 is 2.61 bits per heavy atom. The second kappa shape index (κ2) is 10.3. The number of aryl methyl sites for hydroxylation is 1. The normalized spacial score (nSPS) is 10.8. The van der Waals surface area contributed by atoms with Crippen molar-refractivity contribution in [3.63, 3.8) is 0 Å². The predicted octanol–water partition coefficient (Wildman–Crippen LogP) is 6.12. The fraction of sp³-hybridized carbons (Fsp3) is 0.154. The lowest BCUT2D eigenvalue weighted by atomic mass is 10.1. The van der Waals surface area contributed by atoms with E-state index in [0.717, 1.165) is 17.7 Å². The van der Waals surface area contributed by atoms with Crippen LogP contribution in [0.15, 0.2) is 79.0 Å². The van der Waals surface area contributed by atoms with Gasteiger partial charge in [-0.2, -0.15) is 5.10 Å².